The first-order chi connectivity index (χ1) is 24.0. The number of rotatable bonds is 20. The van der Waals surface area contributed by atoms with Crippen molar-refractivity contribution in [3.63, 3.8) is 0 Å². The molecule has 0 radical (unpaired) electrons. The molecule has 270 valence electrons. The molecule has 3 aromatic rings. The minimum Gasteiger partial charge on any atom is -0.460 e. The molecule has 0 amide bonds. The van der Waals surface area contributed by atoms with Crippen molar-refractivity contribution in [2.45, 2.75) is 130 Å². The number of hydrogen-bond donors (Lipinski definition) is 0. The maximum Gasteiger partial charge on any atom is 0.347 e. The van der Waals surface area contributed by atoms with Crippen LogP contribution in [0.5, 0.6) is 0 Å². The molecule has 0 aromatic heterocycles. The fraction of sp³-hybridized carbons (Fsp3) is 0.476. The van der Waals surface area contributed by atoms with E-state index >= 15 is 0 Å². The summed E-state index contributed by atoms with van der Waals surface area (Å²) in [6.45, 7) is 11.1. The van der Waals surface area contributed by atoms with Crippen LogP contribution >= 0.6 is 0 Å². The van der Waals surface area contributed by atoms with Crippen molar-refractivity contribution in [1.29, 1.82) is 0 Å². The van der Waals surface area contributed by atoms with Crippen molar-refractivity contribution in [2.24, 2.45) is 0 Å². The molecule has 0 bridgehead atoms. The number of benzene rings is 3. The molecule has 0 fully saturated rings. The molecule has 0 spiro atoms. The summed E-state index contributed by atoms with van der Waals surface area (Å²) < 4.78 is 21.7. The van der Waals surface area contributed by atoms with Crippen LogP contribution in [0.4, 0.5) is 0 Å². The van der Waals surface area contributed by atoms with Gasteiger partial charge in [0.25, 0.3) is 0 Å². The minimum absolute atomic E-state index is 0.222. The fourth-order valence-corrected chi connectivity index (χ4v) is 5.43. The van der Waals surface area contributed by atoms with E-state index in [1.807, 2.05) is 62.4 Å². The van der Waals surface area contributed by atoms with E-state index in [2.05, 4.69) is 13.8 Å². The van der Waals surface area contributed by atoms with Crippen LogP contribution in [0.1, 0.15) is 126 Å². The molecule has 0 saturated heterocycles. The normalized spacial score (nSPS) is 13.4. The minimum atomic E-state index is -1.00. The molecule has 0 aliphatic rings. The van der Waals surface area contributed by atoms with E-state index in [9.17, 15) is 19.2 Å². The second-order valence-electron chi connectivity index (χ2n) is 13.0. The highest BCUT2D eigenvalue weighted by atomic mass is 16.6. The summed E-state index contributed by atoms with van der Waals surface area (Å²) in [6, 6.07) is 21.9. The Morgan fingerprint density at radius 2 is 0.740 bits per heavy atom. The van der Waals surface area contributed by atoms with Crippen molar-refractivity contribution in [1.82, 2.24) is 0 Å². The third-order valence-corrected chi connectivity index (χ3v) is 8.59. The summed E-state index contributed by atoms with van der Waals surface area (Å²) in [5, 5.41) is 0. The Morgan fingerprint density at radius 1 is 0.440 bits per heavy atom. The Balaban J connectivity index is 1.49. The second kappa shape index (κ2) is 20.9. The van der Waals surface area contributed by atoms with Gasteiger partial charge >= 0.3 is 23.9 Å². The first-order valence-electron chi connectivity index (χ1n) is 18.2. The van der Waals surface area contributed by atoms with Gasteiger partial charge in [-0.1, -0.05) is 101 Å². The van der Waals surface area contributed by atoms with Crippen LogP contribution < -0.4 is 0 Å². The first kappa shape index (κ1) is 40.0. The smallest absolute Gasteiger partial charge is 0.347 e. The maximum atomic E-state index is 12.7. The molecule has 0 aliphatic carbocycles. The molecule has 50 heavy (non-hydrogen) atoms. The molecule has 4 unspecified atom stereocenters. The largest absolute Gasteiger partial charge is 0.460 e. The van der Waals surface area contributed by atoms with Crippen molar-refractivity contribution in [3.05, 3.63) is 83.9 Å². The molecular weight excluding hydrogens is 632 g/mol. The van der Waals surface area contributed by atoms with Crippen LogP contribution in [-0.2, 0) is 28.5 Å². The third kappa shape index (κ3) is 13.1. The molecule has 0 heterocycles. The van der Waals surface area contributed by atoms with Gasteiger partial charge in [-0.2, -0.15) is 0 Å². The van der Waals surface area contributed by atoms with Crippen LogP contribution in [-0.4, -0.2) is 48.3 Å². The van der Waals surface area contributed by atoms with Crippen LogP contribution in [0.3, 0.4) is 0 Å². The van der Waals surface area contributed by atoms with Crippen molar-refractivity contribution in [2.75, 3.05) is 0 Å². The van der Waals surface area contributed by atoms with Gasteiger partial charge in [-0.15, -0.1) is 0 Å². The lowest BCUT2D eigenvalue weighted by Gasteiger charge is -2.17. The molecule has 3 aromatic carbocycles. The van der Waals surface area contributed by atoms with Gasteiger partial charge in [-0.05, 0) is 99.9 Å². The van der Waals surface area contributed by atoms with E-state index in [0.717, 1.165) is 86.5 Å². The highest BCUT2D eigenvalue weighted by Crippen LogP contribution is 2.26. The molecule has 4 atom stereocenters. The molecule has 8 nitrogen and oxygen atoms in total. The Bertz CT molecular complexity index is 1380. The van der Waals surface area contributed by atoms with Crippen LogP contribution in [0, 0.1) is 0 Å². The molecule has 3 rings (SSSR count). The molecule has 8 heteroatoms. The Kier molecular flexibility index (Phi) is 16.7. The number of ether oxygens (including phenoxy) is 4. The van der Waals surface area contributed by atoms with Crippen LogP contribution in [0.15, 0.2) is 72.8 Å². The summed E-state index contributed by atoms with van der Waals surface area (Å²) >= 11 is 0. The average molecular weight is 687 g/mol. The van der Waals surface area contributed by atoms with E-state index in [1.165, 1.54) is 13.8 Å². The molecule has 0 N–H and O–H groups in total. The standard InChI is InChI=1S/C42H54O8/c1-7-9-11-13-15-29(3)47-39(43)31(5)49-41(45)37-25-21-35(22-26-37)33-17-19-34(20-18-33)36-23-27-38(28-24-36)42(46)50-32(6)40(44)48-30(4)16-14-12-10-8-2/h17-32H,7-16H2,1-6H3. The van der Waals surface area contributed by atoms with E-state index in [4.69, 9.17) is 18.9 Å². The van der Waals surface area contributed by atoms with Gasteiger partial charge in [0, 0.05) is 0 Å². The van der Waals surface area contributed by atoms with Gasteiger partial charge < -0.3 is 18.9 Å². The summed E-state index contributed by atoms with van der Waals surface area (Å²) in [6.07, 6.45) is 7.96. The van der Waals surface area contributed by atoms with Crippen molar-refractivity contribution in [3.8, 4) is 22.3 Å². The summed E-state index contributed by atoms with van der Waals surface area (Å²) in [4.78, 5) is 50.2. The van der Waals surface area contributed by atoms with Crippen LogP contribution in [0.25, 0.3) is 22.3 Å². The van der Waals surface area contributed by atoms with E-state index in [0.29, 0.717) is 11.1 Å². The lowest BCUT2D eigenvalue weighted by atomic mass is 9.99. The maximum absolute atomic E-state index is 12.7. The highest BCUT2D eigenvalue weighted by Gasteiger charge is 2.23. The Labute approximate surface area is 297 Å². The zero-order valence-electron chi connectivity index (χ0n) is 30.6. The van der Waals surface area contributed by atoms with Crippen LogP contribution in [0.2, 0.25) is 0 Å². The average Bonchev–Trinajstić information content (AvgIpc) is 3.12. The van der Waals surface area contributed by atoms with E-state index < -0.39 is 36.1 Å². The SMILES string of the molecule is CCCCCCC(C)OC(=O)C(C)OC(=O)c1ccc(-c2ccc(-c3ccc(C(=O)OC(C)C(=O)OC(C)CCCCCC)cc3)cc2)cc1. The van der Waals surface area contributed by atoms with Crippen molar-refractivity contribution >= 4 is 23.9 Å². The quantitative estimate of drug-likeness (QED) is 0.0657. The predicted octanol–water partition coefficient (Wildman–Crippen LogP) is 9.92. The zero-order chi connectivity index (χ0) is 36.5. The first-order valence-corrected chi connectivity index (χ1v) is 18.2. The van der Waals surface area contributed by atoms with Gasteiger partial charge in [0.05, 0.1) is 23.3 Å². The lowest BCUT2D eigenvalue weighted by Crippen LogP contribution is -2.29. The highest BCUT2D eigenvalue weighted by molar-refractivity contribution is 5.93. The number of esters is 4. The number of carbonyl (C=O) groups is 4. The van der Waals surface area contributed by atoms with Gasteiger partial charge in [-0.3, -0.25) is 0 Å². The predicted molar refractivity (Wildman–Crippen MR) is 196 cm³/mol. The molecule has 0 aliphatic heterocycles. The Morgan fingerprint density at radius 3 is 1.04 bits per heavy atom. The third-order valence-electron chi connectivity index (χ3n) is 8.59. The summed E-state index contributed by atoms with van der Waals surface area (Å²) in [7, 11) is 0. The zero-order valence-corrected chi connectivity index (χ0v) is 30.6. The molecular formula is C42H54O8. The fourth-order valence-electron chi connectivity index (χ4n) is 5.43. The summed E-state index contributed by atoms with van der Waals surface area (Å²) in [5.74, 6) is -2.26. The van der Waals surface area contributed by atoms with Gasteiger partial charge in [0.15, 0.2) is 12.2 Å². The van der Waals surface area contributed by atoms with E-state index in [1.54, 1.807) is 24.3 Å². The van der Waals surface area contributed by atoms with Gasteiger partial charge in [-0.25, -0.2) is 19.2 Å². The lowest BCUT2D eigenvalue weighted by molar-refractivity contribution is -0.158. The monoisotopic (exact) mass is 686 g/mol. The second-order valence-corrected chi connectivity index (χ2v) is 13.0. The summed E-state index contributed by atoms with van der Waals surface area (Å²) in [5.41, 5.74) is 4.41. The van der Waals surface area contributed by atoms with E-state index in [-0.39, 0.29) is 12.2 Å². The number of hydrogen-bond acceptors (Lipinski definition) is 8. The van der Waals surface area contributed by atoms with Gasteiger partial charge in [0.2, 0.25) is 0 Å². The molecule has 0 saturated carbocycles. The topological polar surface area (TPSA) is 105 Å². The van der Waals surface area contributed by atoms with Crippen molar-refractivity contribution < 1.29 is 38.1 Å². The van der Waals surface area contributed by atoms with Gasteiger partial charge in [0.1, 0.15) is 0 Å². The Hall–Kier alpha value is -4.46. The number of carbonyl (C=O) groups excluding carboxylic acids is 4. The number of unbranched alkanes of at least 4 members (excludes halogenated alkanes) is 6.